The minimum Gasteiger partial charge on any atom is -0.247 e. The lowest BCUT2D eigenvalue weighted by Crippen LogP contribution is -2.24. The van der Waals surface area contributed by atoms with Crippen molar-refractivity contribution in [2.45, 2.75) is 129 Å². The Labute approximate surface area is 173 Å². The molecule has 1 saturated carbocycles. The van der Waals surface area contributed by atoms with Crippen LogP contribution in [0.5, 0.6) is 0 Å². The van der Waals surface area contributed by atoms with E-state index in [-0.39, 0.29) is 5.97 Å². The maximum Gasteiger partial charge on any atom is 0.355 e. The van der Waals surface area contributed by atoms with Crippen LogP contribution in [-0.4, -0.2) is 11.9 Å². The number of rotatable bonds is 15. The zero-order chi connectivity index (χ0) is 20.5. The van der Waals surface area contributed by atoms with Gasteiger partial charge in [0.15, 0.2) is 0 Å². The summed E-state index contributed by atoms with van der Waals surface area (Å²) in [6.07, 6.45) is 20.0. The molecule has 0 amide bonds. The standard InChI is InChI=1S/C24H44O4/c1-3-5-7-8-9-10-11-12-13-19-23(25)27-28-24(26)20-22-18-15-14-17-21(22)16-6-4-2/h21-22H,3-20H2,1-2H3. The first-order valence-corrected chi connectivity index (χ1v) is 12.1. The van der Waals surface area contributed by atoms with E-state index in [0.29, 0.717) is 24.7 Å². The number of hydrogen-bond donors (Lipinski definition) is 0. The van der Waals surface area contributed by atoms with Crippen molar-refractivity contribution in [1.29, 1.82) is 0 Å². The van der Waals surface area contributed by atoms with Gasteiger partial charge in [-0.1, -0.05) is 104 Å². The molecular formula is C24H44O4. The molecule has 1 fully saturated rings. The third kappa shape index (κ3) is 12.4. The first-order chi connectivity index (χ1) is 13.7. The van der Waals surface area contributed by atoms with Crippen LogP contribution in [0, 0.1) is 11.8 Å². The molecule has 0 radical (unpaired) electrons. The van der Waals surface area contributed by atoms with Gasteiger partial charge in [0.05, 0.1) is 12.8 Å². The predicted molar refractivity (Wildman–Crippen MR) is 114 cm³/mol. The van der Waals surface area contributed by atoms with Gasteiger partial charge in [0, 0.05) is 0 Å². The van der Waals surface area contributed by atoms with Crippen molar-refractivity contribution in [2.75, 3.05) is 0 Å². The Balaban J connectivity index is 2.05. The van der Waals surface area contributed by atoms with Crippen molar-refractivity contribution >= 4 is 11.9 Å². The summed E-state index contributed by atoms with van der Waals surface area (Å²) in [5.41, 5.74) is 0. The molecular weight excluding hydrogens is 352 g/mol. The SMILES string of the molecule is CCCCCCCCCCCC(=O)OOC(=O)CC1CCCCC1CCCC. The molecule has 0 aromatic rings. The molecule has 4 heteroatoms. The fourth-order valence-corrected chi connectivity index (χ4v) is 4.36. The van der Waals surface area contributed by atoms with Gasteiger partial charge < -0.3 is 0 Å². The van der Waals surface area contributed by atoms with Gasteiger partial charge >= 0.3 is 11.9 Å². The van der Waals surface area contributed by atoms with Crippen LogP contribution in [0.25, 0.3) is 0 Å². The lowest BCUT2D eigenvalue weighted by molar-refractivity contribution is -0.260. The number of carbonyl (C=O) groups excluding carboxylic acids is 2. The summed E-state index contributed by atoms with van der Waals surface area (Å²) in [5, 5.41) is 0. The van der Waals surface area contributed by atoms with Crippen LogP contribution in [0.3, 0.4) is 0 Å². The molecule has 0 aliphatic heterocycles. The monoisotopic (exact) mass is 396 g/mol. The average Bonchev–Trinajstić information content (AvgIpc) is 2.70. The second-order valence-corrected chi connectivity index (χ2v) is 8.64. The van der Waals surface area contributed by atoms with Gasteiger partial charge in [-0.2, -0.15) is 0 Å². The van der Waals surface area contributed by atoms with Gasteiger partial charge in [0.1, 0.15) is 0 Å². The third-order valence-electron chi connectivity index (χ3n) is 6.14. The molecule has 0 bridgehead atoms. The molecule has 1 aliphatic rings. The van der Waals surface area contributed by atoms with E-state index in [1.54, 1.807) is 0 Å². The van der Waals surface area contributed by atoms with Crippen LogP contribution in [0.1, 0.15) is 129 Å². The highest BCUT2D eigenvalue weighted by Gasteiger charge is 2.27. The quantitative estimate of drug-likeness (QED) is 0.166. The molecule has 28 heavy (non-hydrogen) atoms. The summed E-state index contributed by atoms with van der Waals surface area (Å²) < 4.78 is 0. The van der Waals surface area contributed by atoms with E-state index in [1.807, 2.05) is 0 Å². The first-order valence-electron chi connectivity index (χ1n) is 12.1. The Morgan fingerprint density at radius 3 is 1.86 bits per heavy atom. The highest BCUT2D eigenvalue weighted by molar-refractivity contribution is 5.73. The predicted octanol–water partition coefficient (Wildman–Crippen LogP) is 7.30. The Kier molecular flexibility index (Phi) is 15.0. The zero-order valence-corrected chi connectivity index (χ0v) is 18.5. The second-order valence-electron chi connectivity index (χ2n) is 8.64. The summed E-state index contributed by atoms with van der Waals surface area (Å²) >= 11 is 0. The fourth-order valence-electron chi connectivity index (χ4n) is 4.36. The Bertz CT molecular complexity index is 407. The molecule has 0 saturated heterocycles. The van der Waals surface area contributed by atoms with E-state index >= 15 is 0 Å². The fraction of sp³-hybridized carbons (Fsp3) is 0.917. The van der Waals surface area contributed by atoms with Gasteiger partial charge in [-0.25, -0.2) is 19.4 Å². The van der Waals surface area contributed by atoms with Crippen molar-refractivity contribution in [1.82, 2.24) is 0 Å². The second kappa shape index (κ2) is 16.9. The molecule has 0 aromatic heterocycles. The molecule has 2 atom stereocenters. The van der Waals surface area contributed by atoms with E-state index in [2.05, 4.69) is 13.8 Å². The molecule has 1 rings (SSSR count). The summed E-state index contributed by atoms with van der Waals surface area (Å²) in [6.45, 7) is 4.44. The van der Waals surface area contributed by atoms with Crippen molar-refractivity contribution in [3.05, 3.63) is 0 Å². The van der Waals surface area contributed by atoms with Gasteiger partial charge in [-0.15, -0.1) is 0 Å². The van der Waals surface area contributed by atoms with Gasteiger partial charge in [0.25, 0.3) is 0 Å². The van der Waals surface area contributed by atoms with Gasteiger partial charge in [0.2, 0.25) is 0 Å². The van der Waals surface area contributed by atoms with Crippen molar-refractivity contribution < 1.29 is 19.4 Å². The Morgan fingerprint density at radius 1 is 0.679 bits per heavy atom. The average molecular weight is 397 g/mol. The highest BCUT2D eigenvalue weighted by Crippen LogP contribution is 2.35. The van der Waals surface area contributed by atoms with Gasteiger partial charge in [-0.3, -0.25) is 0 Å². The van der Waals surface area contributed by atoms with Crippen molar-refractivity contribution in [3.8, 4) is 0 Å². The molecule has 164 valence electrons. The maximum absolute atomic E-state index is 12.1. The van der Waals surface area contributed by atoms with Crippen LogP contribution in [0.4, 0.5) is 0 Å². The van der Waals surface area contributed by atoms with E-state index in [9.17, 15) is 9.59 Å². The van der Waals surface area contributed by atoms with E-state index < -0.39 is 5.97 Å². The summed E-state index contributed by atoms with van der Waals surface area (Å²) in [4.78, 5) is 33.4. The van der Waals surface area contributed by atoms with Crippen LogP contribution in [0.15, 0.2) is 0 Å². The topological polar surface area (TPSA) is 52.6 Å². The smallest absolute Gasteiger partial charge is 0.247 e. The van der Waals surface area contributed by atoms with Crippen LogP contribution in [-0.2, 0) is 19.4 Å². The number of unbranched alkanes of at least 4 members (excludes halogenated alkanes) is 9. The highest BCUT2D eigenvalue weighted by atomic mass is 17.2. The third-order valence-corrected chi connectivity index (χ3v) is 6.14. The van der Waals surface area contributed by atoms with Gasteiger partial charge in [-0.05, 0) is 24.7 Å². The summed E-state index contributed by atoms with van der Waals surface area (Å²) in [6, 6.07) is 0. The minimum atomic E-state index is -0.414. The number of hydrogen-bond acceptors (Lipinski definition) is 4. The molecule has 0 aromatic carbocycles. The lowest BCUT2D eigenvalue weighted by atomic mass is 9.75. The zero-order valence-electron chi connectivity index (χ0n) is 18.5. The Hall–Kier alpha value is -1.06. The van der Waals surface area contributed by atoms with E-state index in [0.717, 1.165) is 19.3 Å². The molecule has 0 heterocycles. The van der Waals surface area contributed by atoms with Crippen LogP contribution >= 0.6 is 0 Å². The van der Waals surface area contributed by atoms with Crippen molar-refractivity contribution in [2.24, 2.45) is 11.8 Å². The summed E-state index contributed by atoms with van der Waals surface area (Å²) in [5.74, 6) is 0.221. The number of carbonyl (C=O) groups is 2. The molecule has 0 N–H and O–H groups in total. The van der Waals surface area contributed by atoms with E-state index in [4.69, 9.17) is 9.78 Å². The molecule has 2 unspecified atom stereocenters. The largest absolute Gasteiger partial charge is 0.355 e. The summed E-state index contributed by atoms with van der Waals surface area (Å²) in [7, 11) is 0. The minimum absolute atomic E-state index is 0.339. The van der Waals surface area contributed by atoms with E-state index in [1.165, 1.54) is 83.5 Å². The lowest BCUT2D eigenvalue weighted by Gasteiger charge is -2.30. The normalized spacial score (nSPS) is 19.4. The maximum atomic E-state index is 12.1. The molecule has 1 aliphatic carbocycles. The van der Waals surface area contributed by atoms with Crippen LogP contribution in [0.2, 0.25) is 0 Å². The molecule has 4 nitrogen and oxygen atoms in total. The molecule has 0 spiro atoms. The van der Waals surface area contributed by atoms with Crippen molar-refractivity contribution in [3.63, 3.8) is 0 Å². The van der Waals surface area contributed by atoms with Crippen LogP contribution < -0.4 is 0 Å². The first kappa shape index (κ1) is 25.0. The Morgan fingerprint density at radius 2 is 1.21 bits per heavy atom.